The highest BCUT2D eigenvalue weighted by Crippen LogP contribution is 2.26. The van der Waals surface area contributed by atoms with Crippen LogP contribution in [0.2, 0.25) is 0 Å². The number of amides is 1. The Balaban J connectivity index is 1.31. The van der Waals surface area contributed by atoms with E-state index in [9.17, 15) is 4.79 Å². The fraction of sp³-hybridized carbons (Fsp3) is 0.579. The standard InChI is InChI=1S/C19H26N4O2/c24-18(20-11-15-6-4-10-25-15)13-23-9-3-5-14(12-23)19-21-16-7-1-2-8-17(16)22-19/h1-2,7-8,14-15H,3-6,9-13H2,(H,20,24)(H,21,22)/t14-,15+/m1/s1. The lowest BCUT2D eigenvalue weighted by atomic mass is 9.97. The van der Waals surface area contributed by atoms with Crippen LogP contribution in [0.4, 0.5) is 0 Å². The number of likely N-dealkylation sites (tertiary alicyclic amines) is 1. The van der Waals surface area contributed by atoms with Gasteiger partial charge in [0.25, 0.3) is 0 Å². The predicted molar refractivity (Wildman–Crippen MR) is 96.5 cm³/mol. The molecule has 2 fully saturated rings. The van der Waals surface area contributed by atoms with Gasteiger partial charge in [-0.1, -0.05) is 12.1 Å². The number of nitrogens with one attached hydrogen (secondary N) is 2. The van der Waals surface area contributed by atoms with Gasteiger partial charge >= 0.3 is 0 Å². The molecule has 2 aromatic rings. The highest BCUT2D eigenvalue weighted by Gasteiger charge is 2.25. The lowest BCUT2D eigenvalue weighted by Gasteiger charge is -2.31. The van der Waals surface area contributed by atoms with Crippen molar-refractivity contribution in [2.24, 2.45) is 0 Å². The lowest BCUT2D eigenvalue weighted by molar-refractivity contribution is -0.123. The number of imidazole rings is 1. The third-order valence-corrected chi connectivity index (χ3v) is 5.22. The number of aromatic amines is 1. The van der Waals surface area contributed by atoms with Crippen molar-refractivity contribution >= 4 is 16.9 Å². The van der Waals surface area contributed by atoms with E-state index in [0.29, 0.717) is 19.0 Å². The maximum Gasteiger partial charge on any atom is 0.234 e. The minimum Gasteiger partial charge on any atom is -0.376 e. The summed E-state index contributed by atoms with van der Waals surface area (Å²) in [6.45, 7) is 3.78. The number of nitrogens with zero attached hydrogens (tertiary/aromatic N) is 2. The molecule has 6 heteroatoms. The van der Waals surface area contributed by atoms with Crippen molar-refractivity contribution in [1.29, 1.82) is 0 Å². The largest absolute Gasteiger partial charge is 0.376 e. The first kappa shape index (κ1) is 16.5. The summed E-state index contributed by atoms with van der Waals surface area (Å²) in [5.74, 6) is 1.51. The van der Waals surface area contributed by atoms with Crippen molar-refractivity contribution in [3.63, 3.8) is 0 Å². The molecule has 1 aromatic carbocycles. The number of para-hydroxylation sites is 2. The summed E-state index contributed by atoms with van der Waals surface area (Å²) in [5.41, 5.74) is 2.10. The van der Waals surface area contributed by atoms with Gasteiger partial charge in [0.1, 0.15) is 5.82 Å². The SMILES string of the molecule is O=C(CN1CCC[C@@H](c2nc3ccccc3[nH]2)C1)NC[C@@H]1CCCO1. The van der Waals surface area contributed by atoms with Crippen LogP contribution in [0.25, 0.3) is 11.0 Å². The highest BCUT2D eigenvalue weighted by molar-refractivity contribution is 5.78. The van der Waals surface area contributed by atoms with Gasteiger partial charge in [0.2, 0.25) is 5.91 Å². The first-order valence-electron chi connectivity index (χ1n) is 9.33. The van der Waals surface area contributed by atoms with Gasteiger partial charge in [0, 0.05) is 25.6 Å². The van der Waals surface area contributed by atoms with Crippen LogP contribution >= 0.6 is 0 Å². The Morgan fingerprint density at radius 1 is 1.32 bits per heavy atom. The molecular formula is C19H26N4O2. The number of hydrogen-bond donors (Lipinski definition) is 2. The second-order valence-electron chi connectivity index (χ2n) is 7.15. The average Bonchev–Trinajstić information content (AvgIpc) is 3.29. The number of aromatic nitrogens is 2. The third kappa shape index (κ3) is 4.02. The monoisotopic (exact) mass is 342 g/mol. The van der Waals surface area contributed by atoms with Crippen LogP contribution in [-0.2, 0) is 9.53 Å². The number of carbonyl (C=O) groups excluding carboxylic acids is 1. The molecule has 0 bridgehead atoms. The van der Waals surface area contributed by atoms with E-state index in [1.807, 2.05) is 18.2 Å². The van der Waals surface area contributed by atoms with E-state index in [0.717, 1.165) is 62.2 Å². The fourth-order valence-corrected chi connectivity index (χ4v) is 3.88. The van der Waals surface area contributed by atoms with Crippen molar-refractivity contribution in [3.05, 3.63) is 30.1 Å². The molecule has 0 saturated carbocycles. The van der Waals surface area contributed by atoms with Crippen molar-refractivity contribution in [2.45, 2.75) is 37.7 Å². The summed E-state index contributed by atoms with van der Waals surface area (Å²) in [5, 5.41) is 3.02. The smallest absolute Gasteiger partial charge is 0.234 e. The zero-order valence-electron chi connectivity index (χ0n) is 14.5. The Morgan fingerprint density at radius 3 is 3.08 bits per heavy atom. The summed E-state index contributed by atoms with van der Waals surface area (Å²) in [4.78, 5) is 22.6. The quantitative estimate of drug-likeness (QED) is 0.872. The van der Waals surface area contributed by atoms with Gasteiger partial charge in [0.05, 0.1) is 23.7 Å². The zero-order chi connectivity index (χ0) is 17.1. The highest BCUT2D eigenvalue weighted by atomic mass is 16.5. The van der Waals surface area contributed by atoms with Crippen molar-refractivity contribution in [3.8, 4) is 0 Å². The summed E-state index contributed by atoms with van der Waals surface area (Å²) >= 11 is 0. The van der Waals surface area contributed by atoms with Crippen molar-refractivity contribution < 1.29 is 9.53 Å². The maximum atomic E-state index is 12.2. The summed E-state index contributed by atoms with van der Waals surface area (Å²) in [7, 11) is 0. The van der Waals surface area contributed by atoms with E-state index in [4.69, 9.17) is 9.72 Å². The van der Waals surface area contributed by atoms with Crippen molar-refractivity contribution in [1.82, 2.24) is 20.2 Å². The number of rotatable bonds is 5. The van der Waals surface area contributed by atoms with Gasteiger partial charge in [-0.05, 0) is 44.4 Å². The maximum absolute atomic E-state index is 12.2. The molecule has 2 saturated heterocycles. The van der Waals surface area contributed by atoms with Crippen LogP contribution in [-0.4, -0.2) is 59.7 Å². The molecule has 2 aliphatic heterocycles. The molecule has 134 valence electrons. The minimum atomic E-state index is 0.0979. The normalized spacial score (nSPS) is 24.6. The Hall–Kier alpha value is -1.92. The molecule has 0 aliphatic carbocycles. The summed E-state index contributed by atoms with van der Waals surface area (Å²) < 4.78 is 5.56. The summed E-state index contributed by atoms with van der Waals surface area (Å²) in [6, 6.07) is 8.13. The predicted octanol–water partition coefficient (Wildman–Crippen LogP) is 2.04. The molecule has 1 aromatic heterocycles. The molecule has 2 N–H and O–H groups in total. The summed E-state index contributed by atoms with van der Waals surface area (Å²) in [6.07, 6.45) is 4.58. The number of H-pyrrole nitrogens is 1. The number of hydrogen-bond acceptors (Lipinski definition) is 4. The average molecular weight is 342 g/mol. The van der Waals surface area contributed by atoms with E-state index < -0.39 is 0 Å². The van der Waals surface area contributed by atoms with Gasteiger partial charge < -0.3 is 15.0 Å². The number of piperidine rings is 1. The number of fused-ring (bicyclic) bond motifs is 1. The van der Waals surface area contributed by atoms with Crippen molar-refractivity contribution in [2.75, 3.05) is 32.8 Å². The first-order valence-corrected chi connectivity index (χ1v) is 9.33. The van der Waals surface area contributed by atoms with E-state index >= 15 is 0 Å². The van der Waals surface area contributed by atoms with Crippen LogP contribution in [0.15, 0.2) is 24.3 Å². The van der Waals surface area contributed by atoms with E-state index in [-0.39, 0.29) is 12.0 Å². The molecule has 0 unspecified atom stereocenters. The number of carbonyl (C=O) groups is 1. The lowest BCUT2D eigenvalue weighted by Crippen LogP contribution is -2.43. The Bertz CT molecular complexity index is 690. The zero-order valence-corrected chi connectivity index (χ0v) is 14.5. The molecule has 0 radical (unpaired) electrons. The molecule has 2 atom stereocenters. The molecule has 2 aliphatic rings. The molecule has 6 nitrogen and oxygen atoms in total. The van der Waals surface area contributed by atoms with Gasteiger partial charge in [-0.15, -0.1) is 0 Å². The van der Waals surface area contributed by atoms with Gasteiger partial charge in [-0.2, -0.15) is 0 Å². The Morgan fingerprint density at radius 2 is 2.24 bits per heavy atom. The van der Waals surface area contributed by atoms with Crippen LogP contribution < -0.4 is 5.32 Å². The fourth-order valence-electron chi connectivity index (χ4n) is 3.88. The molecule has 1 amide bonds. The van der Waals surface area contributed by atoms with Crippen LogP contribution in [0.5, 0.6) is 0 Å². The molecule has 0 spiro atoms. The molecule has 4 rings (SSSR count). The molecule has 3 heterocycles. The van der Waals surface area contributed by atoms with Gasteiger partial charge in [-0.3, -0.25) is 9.69 Å². The molecular weight excluding hydrogens is 316 g/mol. The Kier molecular flexibility index (Phi) is 4.99. The Labute approximate surface area is 147 Å². The first-order chi connectivity index (χ1) is 12.3. The topological polar surface area (TPSA) is 70.2 Å². The number of benzene rings is 1. The van der Waals surface area contributed by atoms with Gasteiger partial charge in [0.15, 0.2) is 0 Å². The van der Waals surface area contributed by atoms with Gasteiger partial charge in [-0.25, -0.2) is 4.98 Å². The van der Waals surface area contributed by atoms with Crippen LogP contribution in [0.1, 0.15) is 37.4 Å². The van der Waals surface area contributed by atoms with E-state index in [1.165, 1.54) is 0 Å². The number of ether oxygens (including phenoxy) is 1. The van der Waals surface area contributed by atoms with Crippen LogP contribution in [0.3, 0.4) is 0 Å². The molecule has 25 heavy (non-hydrogen) atoms. The third-order valence-electron chi connectivity index (χ3n) is 5.22. The van der Waals surface area contributed by atoms with E-state index in [2.05, 4.69) is 21.3 Å². The van der Waals surface area contributed by atoms with Crippen LogP contribution in [0, 0.1) is 0 Å². The van der Waals surface area contributed by atoms with E-state index in [1.54, 1.807) is 0 Å². The second-order valence-corrected chi connectivity index (χ2v) is 7.15. The second kappa shape index (κ2) is 7.54. The minimum absolute atomic E-state index is 0.0979.